The third-order valence-corrected chi connectivity index (χ3v) is 4.82. The molecule has 1 aliphatic heterocycles. The Morgan fingerprint density at radius 1 is 1.21 bits per heavy atom. The van der Waals surface area contributed by atoms with Gasteiger partial charge in [0.2, 0.25) is 5.91 Å². The highest BCUT2D eigenvalue weighted by molar-refractivity contribution is 5.79. The summed E-state index contributed by atoms with van der Waals surface area (Å²) in [5.74, 6) is -0.504. The number of carbonyl (C=O) groups excluding carboxylic acids is 1. The molecule has 1 fully saturated rings. The number of carboxylic acids is 1. The van der Waals surface area contributed by atoms with Crippen molar-refractivity contribution in [3.63, 3.8) is 0 Å². The Bertz CT molecular complexity index is 888. The highest BCUT2D eigenvalue weighted by Crippen LogP contribution is 2.19. The predicted octanol–water partition coefficient (Wildman–Crippen LogP) is 1.14. The highest BCUT2D eigenvalue weighted by Gasteiger charge is 2.27. The zero-order chi connectivity index (χ0) is 20.4. The molecule has 1 saturated heterocycles. The smallest absolute Gasteiger partial charge is 0.306 e. The second-order valence-corrected chi connectivity index (χ2v) is 7.12. The summed E-state index contributed by atoms with van der Waals surface area (Å²) in [4.78, 5) is 34.3. The van der Waals surface area contributed by atoms with Crippen molar-refractivity contribution < 1.29 is 19.4 Å². The van der Waals surface area contributed by atoms with Crippen LogP contribution in [0.5, 0.6) is 0 Å². The molecular weight excluding hydrogens is 362 g/mol. The summed E-state index contributed by atoms with van der Waals surface area (Å²) in [5.41, 5.74) is 4.13. The number of morpholine rings is 1. The maximum atomic E-state index is 12.8. The number of carboxylic acid groups (broad SMARTS) is 1. The molecule has 28 heavy (non-hydrogen) atoms. The van der Waals surface area contributed by atoms with Crippen molar-refractivity contribution in [1.29, 1.82) is 0 Å². The Hall–Kier alpha value is -2.81. The first-order chi connectivity index (χ1) is 13.2. The van der Waals surface area contributed by atoms with Crippen molar-refractivity contribution >= 4 is 11.9 Å². The lowest BCUT2D eigenvalue weighted by molar-refractivity contribution is -0.147. The molecule has 0 aliphatic carbocycles. The van der Waals surface area contributed by atoms with E-state index in [2.05, 4.69) is 15.1 Å². The van der Waals surface area contributed by atoms with Gasteiger partial charge in [0.15, 0.2) is 0 Å². The lowest BCUT2D eigenvalue weighted by atomic mass is 10.1. The molecule has 1 N–H and O–H groups in total. The van der Waals surface area contributed by atoms with E-state index in [1.165, 1.54) is 0 Å². The van der Waals surface area contributed by atoms with E-state index in [4.69, 9.17) is 9.84 Å². The van der Waals surface area contributed by atoms with Crippen LogP contribution in [0.25, 0.3) is 5.95 Å². The third kappa shape index (κ3) is 4.36. The van der Waals surface area contributed by atoms with Crippen LogP contribution < -0.4 is 0 Å². The van der Waals surface area contributed by atoms with Gasteiger partial charge in [0.05, 0.1) is 31.2 Å². The van der Waals surface area contributed by atoms with Gasteiger partial charge in [0, 0.05) is 35.7 Å². The molecule has 0 aromatic carbocycles. The fourth-order valence-corrected chi connectivity index (χ4v) is 3.45. The summed E-state index contributed by atoms with van der Waals surface area (Å²) in [6, 6.07) is 1.89. The number of hydrogen-bond acceptors (Lipinski definition) is 6. The van der Waals surface area contributed by atoms with Gasteiger partial charge >= 0.3 is 5.97 Å². The summed E-state index contributed by atoms with van der Waals surface area (Å²) < 4.78 is 7.11. The summed E-state index contributed by atoms with van der Waals surface area (Å²) in [6.45, 7) is 8.66. The van der Waals surface area contributed by atoms with Crippen LogP contribution in [0, 0.1) is 27.7 Å². The van der Waals surface area contributed by atoms with E-state index in [1.807, 2.05) is 33.8 Å². The fourth-order valence-electron chi connectivity index (χ4n) is 3.45. The van der Waals surface area contributed by atoms with Crippen molar-refractivity contribution in [3.05, 3.63) is 34.4 Å². The Labute approximate surface area is 163 Å². The molecule has 0 bridgehead atoms. The van der Waals surface area contributed by atoms with E-state index in [1.54, 1.807) is 9.58 Å². The number of aromatic nitrogens is 4. The van der Waals surface area contributed by atoms with E-state index in [-0.39, 0.29) is 25.3 Å². The lowest BCUT2D eigenvalue weighted by Crippen LogP contribution is -2.46. The molecule has 9 heteroatoms. The van der Waals surface area contributed by atoms with E-state index in [9.17, 15) is 9.59 Å². The maximum absolute atomic E-state index is 12.8. The number of rotatable bonds is 5. The van der Waals surface area contributed by atoms with Crippen molar-refractivity contribution in [2.75, 3.05) is 19.7 Å². The van der Waals surface area contributed by atoms with Gasteiger partial charge in [-0.15, -0.1) is 0 Å². The maximum Gasteiger partial charge on any atom is 0.306 e. The molecule has 2 aromatic heterocycles. The average Bonchev–Trinajstić information content (AvgIpc) is 2.89. The van der Waals surface area contributed by atoms with Gasteiger partial charge in [0.1, 0.15) is 0 Å². The number of nitrogens with zero attached hydrogens (tertiary/aromatic N) is 5. The quantitative estimate of drug-likeness (QED) is 0.819. The number of carbonyl (C=O) groups is 2. The van der Waals surface area contributed by atoms with Gasteiger partial charge in [-0.3, -0.25) is 9.59 Å². The second kappa shape index (κ2) is 8.05. The van der Waals surface area contributed by atoms with Crippen LogP contribution in [-0.2, 0) is 20.7 Å². The van der Waals surface area contributed by atoms with Gasteiger partial charge in [-0.25, -0.2) is 14.6 Å². The lowest BCUT2D eigenvalue weighted by Gasteiger charge is -2.32. The Morgan fingerprint density at radius 2 is 1.89 bits per heavy atom. The predicted molar refractivity (Wildman–Crippen MR) is 100 cm³/mol. The molecule has 3 rings (SSSR count). The van der Waals surface area contributed by atoms with Crippen LogP contribution in [0.3, 0.4) is 0 Å². The molecule has 1 atom stereocenters. The molecule has 3 heterocycles. The number of ether oxygens (including phenoxy) is 1. The van der Waals surface area contributed by atoms with Crippen LogP contribution in [0.2, 0.25) is 0 Å². The fraction of sp³-hybridized carbons (Fsp3) is 0.526. The first-order valence-electron chi connectivity index (χ1n) is 9.23. The summed E-state index contributed by atoms with van der Waals surface area (Å²) in [7, 11) is 0. The summed E-state index contributed by atoms with van der Waals surface area (Å²) >= 11 is 0. The summed E-state index contributed by atoms with van der Waals surface area (Å²) in [6.07, 6.45) is -0.379. The molecule has 0 saturated carbocycles. The standard InChI is InChI=1S/C19H25N5O4/c1-11-7-12(2)21-19(20-11)24-14(4)16(13(3)22-24)9-17(25)23-5-6-28-15(10-23)8-18(26)27/h7,15H,5-6,8-10H2,1-4H3,(H,26,27)/t15-/m1/s1. The highest BCUT2D eigenvalue weighted by atomic mass is 16.5. The van der Waals surface area contributed by atoms with Crippen LogP contribution in [0.15, 0.2) is 6.07 Å². The van der Waals surface area contributed by atoms with Crippen LogP contribution in [0.1, 0.15) is 34.8 Å². The van der Waals surface area contributed by atoms with E-state index in [0.717, 1.165) is 28.3 Å². The van der Waals surface area contributed by atoms with Gasteiger partial charge in [-0.2, -0.15) is 5.10 Å². The van der Waals surface area contributed by atoms with Crippen LogP contribution in [0.4, 0.5) is 0 Å². The first-order valence-corrected chi connectivity index (χ1v) is 9.23. The normalized spacial score (nSPS) is 17.0. The molecule has 2 aromatic rings. The topological polar surface area (TPSA) is 110 Å². The second-order valence-electron chi connectivity index (χ2n) is 7.12. The van der Waals surface area contributed by atoms with Gasteiger partial charge in [-0.1, -0.05) is 0 Å². The van der Waals surface area contributed by atoms with E-state index >= 15 is 0 Å². The van der Waals surface area contributed by atoms with Crippen molar-refractivity contribution in [1.82, 2.24) is 24.6 Å². The number of aryl methyl sites for hydroxylation is 3. The summed E-state index contributed by atoms with van der Waals surface area (Å²) in [5, 5.41) is 13.5. The van der Waals surface area contributed by atoms with Crippen molar-refractivity contribution in [3.8, 4) is 5.95 Å². The first kappa shape index (κ1) is 19.9. The van der Waals surface area contributed by atoms with Crippen molar-refractivity contribution in [2.45, 2.75) is 46.6 Å². The zero-order valence-electron chi connectivity index (χ0n) is 16.6. The van der Waals surface area contributed by atoms with Crippen molar-refractivity contribution in [2.24, 2.45) is 0 Å². The molecule has 1 amide bonds. The molecule has 150 valence electrons. The van der Waals surface area contributed by atoms with Crippen LogP contribution >= 0.6 is 0 Å². The van der Waals surface area contributed by atoms with E-state index < -0.39 is 12.1 Å². The largest absolute Gasteiger partial charge is 0.481 e. The van der Waals surface area contributed by atoms with Gasteiger partial charge < -0.3 is 14.7 Å². The Balaban J connectivity index is 1.78. The van der Waals surface area contributed by atoms with Gasteiger partial charge in [-0.05, 0) is 33.8 Å². The SMILES string of the molecule is Cc1cc(C)nc(-n2nc(C)c(CC(=O)N3CCO[C@H](CC(=O)O)C3)c2C)n1. The Morgan fingerprint density at radius 3 is 2.54 bits per heavy atom. The molecule has 0 spiro atoms. The minimum absolute atomic E-state index is 0.0641. The van der Waals surface area contributed by atoms with Crippen LogP contribution in [-0.4, -0.2) is 67.4 Å². The molecule has 0 unspecified atom stereocenters. The minimum Gasteiger partial charge on any atom is -0.481 e. The monoisotopic (exact) mass is 387 g/mol. The molecular formula is C19H25N5O4. The third-order valence-electron chi connectivity index (χ3n) is 4.82. The number of amides is 1. The molecule has 0 radical (unpaired) electrons. The zero-order valence-corrected chi connectivity index (χ0v) is 16.6. The van der Waals surface area contributed by atoms with E-state index in [0.29, 0.717) is 19.1 Å². The Kier molecular flexibility index (Phi) is 5.73. The minimum atomic E-state index is -0.930. The number of hydrogen-bond donors (Lipinski definition) is 1. The molecule has 1 aliphatic rings. The molecule has 9 nitrogen and oxygen atoms in total. The van der Waals surface area contributed by atoms with Gasteiger partial charge in [0.25, 0.3) is 5.95 Å². The average molecular weight is 387 g/mol. The number of aliphatic carboxylic acids is 1.